The van der Waals surface area contributed by atoms with Gasteiger partial charge in [0.05, 0.1) is 0 Å². The van der Waals surface area contributed by atoms with Crippen LogP contribution < -0.4 is 0 Å². The Labute approximate surface area is 72.7 Å². The largest absolute Gasteiger partial charge is 0.153 e. The van der Waals surface area contributed by atoms with Gasteiger partial charge in [0.15, 0.2) is 2.74 Å². The normalized spacial score (nSPS) is 32.0. The minimum absolute atomic E-state index is 0.556. The first-order chi connectivity index (χ1) is 4.41. The van der Waals surface area contributed by atoms with Crippen molar-refractivity contribution in [3.05, 3.63) is 0 Å². The number of hydrogen-bond acceptors (Lipinski definition) is 4. The van der Waals surface area contributed by atoms with Gasteiger partial charge in [-0.1, -0.05) is 0 Å². The lowest BCUT2D eigenvalue weighted by Crippen LogP contribution is -1.97. The van der Waals surface area contributed by atoms with E-state index in [-0.39, 0.29) is 0 Å². The molecule has 0 amide bonds. The van der Waals surface area contributed by atoms with Crippen molar-refractivity contribution < 1.29 is 0 Å². The van der Waals surface area contributed by atoms with Crippen LogP contribution in [-0.4, -0.2) is 25.8 Å². The molecule has 2 aliphatic heterocycles. The Bertz CT molecular complexity index is 84.0. The molecule has 0 N–H and O–H groups in total. The fourth-order valence-corrected chi connectivity index (χ4v) is 8.25. The van der Waals surface area contributed by atoms with Crippen molar-refractivity contribution in [2.75, 3.05) is 23.0 Å². The summed E-state index contributed by atoms with van der Waals surface area (Å²) in [5.41, 5.74) is 0. The van der Waals surface area contributed by atoms with E-state index in [0.29, 0.717) is 2.74 Å². The maximum absolute atomic E-state index is 2.14. The maximum Gasteiger partial charge on any atom is 0.153 e. The average Bonchev–Trinajstić information content (AvgIpc) is 2.45. The molecule has 9 heavy (non-hydrogen) atoms. The maximum atomic E-state index is 2.14. The summed E-state index contributed by atoms with van der Waals surface area (Å²) in [7, 11) is 0. The van der Waals surface area contributed by atoms with Crippen LogP contribution in [0.5, 0.6) is 0 Å². The van der Waals surface area contributed by atoms with E-state index in [0.717, 1.165) is 0 Å². The first kappa shape index (κ1) is 7.07. The summed E-state index contributed by atoms with van der Waals surface area (Å²) in [6.45, 7) is 0. The third-order valence-corrected chi connectivity index (χ3v) is 9.09. The van der Waals surface area contributed by atoms with Crippen LogP contribution >= 0.6 is 47.0 Å². The summed E-state index contributed by atoms with van der Waals surface area (Å²) in [4.78, 5) is 0. The van der Waals surface area contributed by atoms with E-state index >= 15 is 0 Å². The molecule has 2 saturated heterocycles. The minimum atomic E-state index is 0.556. The quantitative estimate of drug-likeness (QED) is 0.584. The van der Waals surface area contributed by atoms with Crippen LogP contribution in [0.2, 0.25) is 0 Å². The molecule has 0 aromatic heterocycles. The van der Waals surface area contributed by atoms with Crippen LogP contribution in [0.15, 0.2) is 0 Å². The van der Waals surface area contributed by atoms with Gasteiger partial charge >= 0.3 is 0 Å². The Morgan fingerprint density at radius 1 is 0.667 bits per heavy atom. The van der Waals surface area contributed by atoms with Gasteiger partial charge in [0.1, 0.15) is 0 Å². The molecule has 0 atom stereocenters. The Morgan fingerprint density at radius 3 is 1.33 bits per heavy atom. The zero-order chi connectivity index (χ0) is 6.16. The second kappa shape index (κ2) is 2.80. The topological polar surface area (TPSA) is 0 Å². The molecule has 52 valence electrons. The standard InChI is InChI=1S/C5H8S4/c1-2-7-5(6-1)8-3-4-9-5/h1-4H2. The van der Waals surface area contributed by atoms with Gasteiger partial charge < -0.3 is 0 Å². The highest BCUT2D eigenvalue weighted by Crippen LogP contribution is 2.62. The van der Waals surface area contributed by atoms with Crippen molar-refractivity contribution in [3.8, 4) is 0 Å². The van der Waals surface area contributed by atoms with E-state index in [1.165, 1.54) is 23.0 Å². The molecular formula is C5H8S4. The van der Waals surface area contributed by atoms with E-state index in [1.807, 2.05) is 0 Å². The molecule has 0 saturated carbocycles. The summed E-state index contributed by atoms with van der Waals surface area (Å²) in [6.07, 6.45) is 0. The lowest BCUT2D eigenvalue weighted by atomic mass is 11.0. The van der Waals surface area contributed by atoms with Crippen molar-refractivity contribution in [1.82, 2.24) is 0 Å². The molecule has 2 rings (SSSR count). The van der Waals surface area contributed by atoms with Gasteiger partial charge in [-0.2, -0.15) is 0 Å². The molecule has 0 aromatic rings. The summed E-state index contributed by atoms with van der Waals surface area (Å²) in [5.74, 6) is 5.46. The van der Waals surface area contributed by atoms with Crippen molar-refractivity contribution >= 4 is 47.0 Å². The summed E-state index contributed by atoms with van der Waals surface area (Å²) in [6, 6.07) is 0. The van der Waals surface area contributed by atoms with Gasteiger partial charge in [0.2, 0.25) is 0 Å². The molecule has 0 bridgehead atoms. The van der Waals surface area contributed by atoms with Gasteiger partial charge in [-0.15, -0.1) is 47.0 Å². The minimum Gasteiger partial charge on any atom is -0.122 e. The molecule has 2 fully saturated rings. The van der Waals surface area contributed by atoms with E-state index in [4.69, 9.17) is 0 Å². The van der Waals surface area contributed by atoms with Gasteiger partial charge in [0.25, 0.3) is 0 Å². The van der Waals surface area contributed by atoms with E-state index in [1.54, 1.807) is 0 Å². The Kier molecular flexibility index (Phi) is 2.20. The van der Waals surface area contributed by atoms with Crippen molar-refractivity contribution in [2.24, 2.45) is 0 Å². The van der Waals surface area contributed by atoms with Crippen LogP contribution in [0.3, 0.4) is 0 Å². The summed E-state index contributed by atoms with van der Waals surface area (Å²) < 4.78 is 0.556. The molecule has 4 heteroatoms. The number of rotatable bonds is 0. The predicted molar refractivity (Wildman–Crippen MR) is 52.6 cm³/mol. The molecule has 0 radical (unpaired) electrons. The molecule has 0 nitrogen and oxygen atoms in total. The van der Waals surface area contributed by atoms with Crippen LogP contribution in [0.1, 0.15) is 0 Å². The zero-order valence-electron chi connectivity index (χ0n) is 4.96. The highest BCUT2D eigenvalue weighted by molar-refractivity contribution is 8.50. The predicted octanol–water partition coefficient (Wildman–Crippen LogP) is 2.56. The third kappa shape index (κ3) is 1.37. The van der Waals surface area contributed by atoms with Gasteiger partial charge in [0, 0.05) is 23.0 Å². The zero-order valence-corrected chi connectivity index (χ0v) is 8.23. The van der Waals surface area contributed by atoms with Gasteiger partial charge in [-0.05, 0) is 0 Å². The summed E-state index contributed by atoms with van der Waals surface area (Å²) in [5, 5.41) is 0. The van der Waals surface area contributed by atoms with Crippen LogP contribution in [0.25, 0.3) is 0 Å². The lowest BCUT2D eigenvalue weighted by molar-refractivity contribution is 1.59. The van der Waals surface area contributed by atoms with Gasteiger partial charge in [-0.25, -0.2) is 0 Å². The van der Waals surface area contributed by atoms with Crippen molar-refractivity contribution in [1.29, 1.82) is 0 Å². The molecular weight excluding hydrogens is 188 g/mol. The van der Waals surface area contributed by atoms with Crippen LogP contribution in [0.4, 0.5) is 0 Å². The first-order valence-corrected chi connectivity index (χ1v) is 6.91. The van der Waals surface area contributed by atoms with E-state index in [9.17, 15) is 0 Å². The van der Waals surface area contributed by atoms with Crippen LogP contribution in [-0.2, 0) is 0 Å². The second-order valence-corrected chi connectivity index (χ2v) is 8.68. The average molecular weight is 196 g/mol. The molecule has 2 aliphatic rings. The van der Waals surface area contributed by atoms with Crippen LogP contribution in [0, 0.1) is 0 Å². The van der Waals surface area contributed by atoms with Crippen molar-refractivity contribution in [3.63, 3.8) is 0 Å². The third-order valence-electron chi connectivity index (χ3n) is 1.28. The highest BCUT2D eigenvalue weighted by Gasteiger charge is 2.39. The van der Waals surface area contributed by atoms with Crippen molar-refractivity contribution in [2.45, 2.75) is 2.74 Å². The fourth-order valence-electron chi connectivity index (χ4n) is 0.917. The van der Waals surface area contributed by atoms with E-state index in [2.05, 4.69) is 47.0 Å². The first-order valence-electron chi connectivity index (χ1n) is 2.97. The number of thioether (sulfide) groups is 4. The fraction of sp³-hybridized carbons (Fsp3) is 1.00. The lowest BCUT2D eigenvalue weighted by Gasteiger charge is -2.16. The molecule has 0 unspecified atom stereocenters. The molecule has 0 aliphatic carbocycles. The Hall–Kier alpha value is 1.40. The SMILES string of the molecule is C1CSC2(S1)SCCS2. The summed E-state index contributed by atoms with van der Waals surface area (Å²) >= 11 is 8.56. The molecule has 0 aromatic carbocycles. The van der Waals surface area contributed by atoms with Gasteiger partial charge in [-0.3, -0.25) is 0 Å². The molecule has 2 heterocycles. The second-order valence-electron chi connectivity index (χ2n) is 1.89. The monoisotopic (exact) mass is 196 g/mol. The Balaban J connectivity index is 2.04. The molecule has 1 spiro atoms. The highest BCUT2D eigenvalue weighted by atomic mass is 32.3. The smallest absolute Gasteiger partial charge is 0.122 e. The number of hydrogen-bond donors (Lipinski definition) is 0. The Morgan fingerprint density at radius 2 is 1.00 bits per heavy atom. The van der Waals surface area contributed by atoms with E-state index < -0.39 is 0 Å².